The zero-order chi connectivity index (χ0) is 9.52. The fourth-order valence-electron chi connectivity index (χ4n) is 1.71. The summed E-state index contributed by atoms with van der Waals surface area (Å²) in [6, 6.07) is 1.04. The lowest BCUT2D eigenvalue weighted by molar-refractivity contribution is 0.142. The first-order valence-electron chi connectivity index (χ1n) is 5.10. The van der Waals surface area contributed by atoms with Crippen molar-refractivity contribution in [2.75, 3.05) is 13.2 Å². The summed E-state index contributed by atoms with van der Waals surface area (Å²) in [6.45, 7) is 3.95. The Labute approximate surface area is 81.0 Å². The van der Waals surface area contributed by atoms with Gasteiger partial charge in [0.15, 0.2) is 0 Å². The molecule has 0 aromatic carbocycles. The minimum Gasteiger partial charge on any atom is -0.381 e. The van der Waals surface area contributed by atoms with Gasteiger partial charge >= 0.3 is 0 Å². The molecule has 0 amide bonds. The molecule has 1 heterocycles. The highest BCUT2D eigenvalue weighted by atomic mass is 16.5. The number of ether oxygens (including phenoxy) is 1. The molecule has 2 nitrogen and oxygen atoms in total. The molecule has 0 bridgehead atoms. The molecule has 2 heteroatoms. The van der Waals surface area contributed by atoms with E-state index in [0.29, 0.717) is 12.1 Å². The van der Waals surface area contributed by atoms with Crippen molar-refractivity contribution in [2.24, 2.45) is 0 Å². The Kier molecular flexibility index (Phi) is 4.88. The number of terminal acetylenes is 1. The molecular formula is C11H19NO. The van der Waals surface area contributed by atoms with E-state index in [1.807, 2.05) is 0 Å². The van der Waals surface area contributed by atoms with Crippen LogP contribution in [0.4, 0.5) is 0 Å². The summed E-state index contributed by atoms with van der Waals surface area (Å²) < 4.78 is 5.39. The Morgan fingerprint density at radius 1 is 1.54 bits per heavy atom. The fraction of sp³-hybridized carbons (Fsp3) is 0.818. The van der Waals surface area contributed by atoms with Crippen molar-refractivity contribution < 1.29 is 4.74 Å². The molecule has 0 spiro atoms. The van der Waals surface area contributed by atoms with Crippen LogP contribution in [-0.4, -0.2) is 25.3 Å². The minimum atomic E-state index is 0.438. The first kappa shape index (κ1) is 10.6. The van der Waals surface area contributed by atoms with Gasteiger partial charge in [0.25, 0.3) is 0 Å². The third-order valence-electron chi connectivity index (χ3n) is 2.40. The van der Waals surface area contributed by atoms with Crippen LogP contribution in [0.25, 0.3) is 0 Å². The number of nitrogens with one attached hydrogen (secondary N) is 1. The second-order valence-corrected chi connectivity index (χ2v) is 3.72. The maximum Gasteiger partial charge on any atom is 0.0480 e. The number of rotatable bonds is 3. The van der Waals surface area contributed by atoms with Crippen molar-refractivity contribution in [2.45, 2.75) is 44.7 Å². The normalized spacial score (nSPS) is 26.0. The molecule has 0 saturated carbocycles. The lowest BCUT2D eigenvalue weighted by Crippen LogP contribution is -2.36. The first-order valence-corrected chi connectivity index (χ1v) is 5.10. The average molecular weight is 181 g/mol. The molecule has 1 aliphatic rings. The SMILES string of the molecule is C#CCC(C)NC1CCCOCC1. The molecule has 1 aliphatic heterocycles. The fourth-order valence-corrected chi connectivity index (χ4v) is 1.71. The summed E-state index contributed by atoms with van der Waals surface area (Å²) in [7, 11) is 0. The van der Waals surface area contributed by atoms with Crippen LogP contribution < -0.4 is 5.32 Å². The van der Waals surface area contributed by atoms with Crippen LogP contribution in [0.2, 0.25) is 0 Å². The van der Waals surface area contributed by atoms with E-state index in [-0.39, 0.29) is 0 Å². The Bertz CT molecular complexity index is 165. The predicted octanol–water partition coefficient (Wildman–Crippen LogP) is 1.56. The topological polar surface area (TPSA) is 21.3 Å². The summed E-state index contributed by atoms with van der Waals surface area (Å²) in [5.74, 6) is 2.68. The molecule has 2 atom stereocenters. The molecule has 1 fully saturated rings. The average Bonchev–Trinajstić information content (AvgIpc) is 2.33. The van der Waals surface area contributed by atoms with E-state index in [1.165, 1.54) is 12.8 Å². The summed E-state index contributed by atoms with van der Waals surface area (Å²) in [5, 5.41) is 3.54. The summed E-state index contributed by atoms with van der Waals surface area (Å²) in [5.41, 5.74) is 0. The van der Waals surface area contributed by atoms with E-state index in [9.17, 15) is 0 Å². The van der Waals surface area contributed by atoms with E-state index >= 15 is 0 Å². The first-order chi connectivity index (χ1) is 6.33. The zero-order valence-electron chi connectivity index (χ0n) is 8.38. The molecule has 1 saturated heterocycles. The van der Waals surface area contributed by atoms with Gasteiger partial charge in [-0.05, 0) is 26.2 Å². The Morgan fingerprint density at radius 3 is 3.15 bits per heavy atom. The minimum absolute atomic E-state index is 0.438. The Balaban J connectivity index is 2.22. The Hall–Kier alpha value is -0.520. The van der Waals surface area contributed by atoms with Gasteiger partial charge < -0.3 is 10.1 Å². The highest BCUT2D eigenvalue weighted by Crippen LogP contribution is 2.09. The van der Waals surface area contributed by atoms with Gasteiger partial charge in [0, 0.05) is 31.7 Å². The molecular weight excluding hydrogens is 162 g/mol. The number of hydrogen-bond donors (Lipinski definition) is 1. The van der Waals surface area contributed by atoms with Crippen molar-refractivity contribution in [3.63, 3.8) is 0 Å². The van der Waals surface area contributed by atoms with Gasteiger partial charge in [-0.3, -0.25) is 0 Å². The van der Waals surface area contributed by atoms with Gasteiger partial charge in [0.1, 0.15) is 0 Å². The maximum absolute atomic E-state index is 5.39. The van der Waals surface area contributed by atoms with Crippen LogP contribution in [0.1, 0.15) is 32.6 Å². The third kappa shape index (κ3) is 4.31. The van der Waals surface area contributed by atoms with Gasteiger partial charge in [0.2, 0.25) is 0 Å². The van der Waals surface area contributed by atoms with Gasteiger partial charge in [-0.15, -0.1) is 12.3 Å². The molecule has 1 N–H and O–H groups in total. The van der Waals surface area contributed by atoms with Crippen LogP contribution in [0, 0.1) is 12.3 Å². The van der Waals surface area contributed by atoms with Crippen molar-refractivity contribution in [3.8, 4) is 12.3 Å². The van der Waals surface area contributed by atoms with Crippen LogP contribution in [0.5, 0.6) is 0 Å². The largest absolute Gasteiger partial charge is 0.381 e. The van der Waals surface area contributed by atoms with Crippen LogP contribution >= 0.6 is 0 Å². The van der Waals surface area contributed by atoms with E-state index < -0.39 is 0 Å². The zero-order valence-corrected chi connectivity index (χ0v) is 8.38. The second kappa shape index (κ2) is 6.01. The molecule has 0 radical (unpaired) electrons. The maximum atomic E-state index is 5.39. The van der Waals surface area contributed by atoms with E-state index in [2.05, 4.69) is 18.2 Å². The third-order valence-corrected chi connectivity index (χ3v) is 2.40. The molecule has 13 heavy (non-hydrogen) atoms. The van der Waals surface area contributed by atoms with E-state index in [0.717, 1.165) is 26.1 Å². The molecule has 0 aliphatic carbocycles. The monoisotopic (exact) mass is 181 g/mol. The van der Waals surface area contributed by atoms with E-state index in [1.54, 1.807) is 0 Å². The lowest BCUT2D eigenvalue weighted by atomic mass is 10.1. The van der Waals surface area contributed by atoms with Crippen molar-refractivity contribution in [1.29, 1.82) is 0 Å². The molecule has 0 aromatic heterocycles. The highest BCUT2D eigenvalue weighted by Gasteiger charge is 2.13. The summed E-state index contributed by atoms with van der Waals surface area (Å²) in [4.78, 5) is 0. The van der Waals surface area contributed by atoms with Gasteiger partial charge in [-0.2, -0.15) is 0 Å². The van der Waals surface area contributed by atoms with Gasteiger partial charge in [-0.1, -0.05) is 0 Å². The molecule has 1 rings (SSSR count). The summed E-state index contributed by atoms with van der Waals surface area (Å²) >= 11 is 0. The molecule has 0 aromatic rings. The van der Waals surface area contributed by atoms with Crippen LogP contribution in [0.3, 0.4) is 0 Å². The van der Waals surface area contributed by atoms with Crippen LogP contribution in [0.15, 0.2) is 0 Å². The van der Waals surface area contributed by atoms with Crippen molar-refractivity contribution in [3.05, 3.63) is 0 Å². The van der Waals surface area contributed by atoms with Gasteiger partial charge in [-0.25, -0.2) is 0 Å². The smallest absolute Gasteiger partial charge is 0.0480 e. The van der Waals surface area contributed by atoms with Crippen molar-refractivity contribution >= 4 is 0 Å². The Morgan fingerprint density at radius 2 is 2.38 bits per heavy atom. The molecule has 74 valence electrons. The standard InChI is InChI=1S/C11H19NO/c1-3-5-10(2)12-11-6-4-8-13-9-7-11/h1,10-12H,4-9H2,2H3. The second-order valence-electron chi connectivity index (χ2n) is 3.72. The van der Waals surface area contributed by atoms with Crippen molar-refractivity contribution in [1.82, 2.24) is 5.32 Å². The lowest BCUT2D eigenvalue weighted by Gasteiger charge is -2.19. The van der Waals surface area contributed by atoms with E-state index in [4.69, 9.17) is 11.2 Å². The number of hydrogen-bond acceptors (Lipinski definition) is 2. The molecule has 2 unspecified atom stereocenters. The van der Waals surface area contributed by atoms with Crippen LogP contribution in [-0.2, 0) is 4.74 Å². The predicted molar refractivity (Wildman–Crippen MR) is 54.5 cm³/mol. The van der Waals surface area contributed by atoms with Gasteiger partial charge in [0.05, 0.1) is 0 Å². The highest BCUT2D eigenvalue weighted by molar-refractivity contribution is 4.89. The quantitative estimate of drug-likeness (QED) is 0.667. The summed E-state index contributed by atoms with van der Waals surface area (Å²) in [6.07, 6.45) is 9.57.